The number of methoxy groups -OCH3 is 2. The first-order chi connectivity index (χ1) is 12.8. The third-order valence-corrected chi connectivity index (χ3v) is 5.21. The molecule has 0 atom stereocenters. The molecule has 0 unspecified atom stereocenters. The SMILES string of the molecule is COc1ccc(C(=O)NCCN(c2ccccc2C)S(C)(=O)=O)cc1OC. The standard InChI is InChI=1S/C19H24N2O5S/c1-14-7-5-6-8-16(14)21(27(4,23)24)12-11-20-19(22)15-9-10-17(25-2)18(13-15)26-3/h5-10,13H,11-12H2,1-4H3,(H,20,22). The van der Waals surface area contributed by atoms with Crippen molar-refractivity contribution in [2.75, 3.05) is 37.9 Å². The Bertz CT molecular complexity index is 912. The number of carbonyl (C=O) groups excluding carboxylic acids is 1. The largest absolute Gasteiger partial charge is 0.493 e. The third-order valence-electron chi connectivity index (χ3n) is 4.03. The molecule has 0 heterocycles. The molecule has 2 rings (SSSR count). The molecule has 27 heavy (non-hydrogen) atoms. The van der Waals surface area contributed by atoms with E-state index in [0.717, 1.165) is 11.8 Å². The molecule has 2 aromatic rings. The minimum Gasteiger partial charge on any atom is -0.493 e. The normalized spacial score (nSPS) is 11.0. The second kappa shape index (κ2) is 8.77. The number of nitrogens with zero attached hydrogens (tertiary/aromatic N) is 1. The lowest BCUT2D eigenvalue weighted by atomic mass is 10.2. The molecule has 0 aliphatic rings. The van der Waals surface area contributed by atoms with Crippen LogP contribution in [0, 0.1) is 6.92 Å². The zero-order valence-corrected chi connectivity index (χ0v) is 16.7. The first kappa shape index (κ1) is 20.6. The Hall–Kier alpha value is -2.74. The highest BCUT2D eigenvalue weighted by atomic mass is 32.2. The van der Waals surface area contributed by atoms with Crippen LogP contribution in [-0.4, -0.2) is 47.9 Å². The highest BCUT2D eigenvalue weighted by molar-refractivity contribution is 7.92. The number of benzene rings is 2. The van der Waals surface area contributed by atoms with E-state index in [1.807, 2.05) is 19.1 Å². The van der Waals surface area contributed by atoms with E-state index in [-0.39, 0.29) is 19.0 Å². The van der Waals surface area contributed by atoms with Crippen LogP contribution in [0.5, 0.6) is 11.5 Å². The van der Waals surface area contributed by atoms with Crippen molar-refractivity contribution in [3.63, 3.8) is 0 Å². The highest BCUT2D eigenvalue weighted by Crippen LogP contribution is 2.27. The summed E-state index contributed by atoms with van der Waals surface area (Å²) in [6.07, 6.45) is 1.15. The Labute approximate surface area is 160 Å². The van der Waals surface area contributed by atoms with E-state index in [1.54, 1.807) is 30.3 Å². The molecule has 8 heteroatoms. The molecule has 1 amide bonds. The van der Waals surface area contributed by atoms with Gasteiger partial charge in [-0.25, -0.2) is 8.42 Å². The van der Waals surface area contributed by atoms with Gasteiger partial charge in [-0.15, -0.1) is 0 Å². The van der Waals surface area contributed by atoms with Gasteiger partial charge in [0, 0.05) is 12.1 Å². The first-order valence-corrected chi connectivity index (χ1v) is 10.2. The number of nitrogens with one attached hydrogen (secondary N) is 1. The van der Waals surface area contributed by atoms with Gasteiger partial charge in [0.2, 0.25) is 10.0 Å². The maximum Gasteiger partial charge on any atom is 0.251 e. The zero-order valence-electron chi connectivity index (χ0n) is 15.9. The molecule has 0 spiro atoms. The van der Waals surface area contributed by atoms with E-state index in [9.17, 15) is 13.2 Å². The molecule has 0 radical (unpaired) electrons. The fourth-order valence-electron chi connectivity index (χ4n) is 2.66. The summed E-state index contributed by atoms with van der Waals surface area (Å²) in [4.78, 5) is 12.4. The maximum atomic E-state index is 12.4. The summed E-state index contributed by atoms with van der Waals surface area (Å²) in [7, 11) is -0.469. The summed E-state index contributed by atoms with van der Waals surface area (Å²) in [5.41, 5.74) is 1.84. The summed E-state index contributed by atoms with van der Waals surface area (Å²) in [6.45, 7) is 2.13. The van der Waals surface area contributed by atoms with Gasteiger partial charge in [0.15, 0.2) is 11.5 Å². The Morgan fingerprint density at radius 2 is 1.74 bits per heavy atom. The minimum absolute atomic E-state index is 0.128. The Morgan fingerprint density at radius 1 is 1.07 bits per heavy atom. The fourth-order valence-corrected chi connectivity index (χ4v) is 3.64. The number of carbonyl (C=O) groups is 1. The Morgan fingerprint density at radius 3 is 2.33 bits per heavy atom. The van der Waals surface area contributed by atoms with E-state index in [2.05, 4.69) is 5.32 Å². The number of ether oxygens (including phenoxy) is 2. The van der Waals surface area contributed by atoms with E-state index < -0.39 is 10.0 Å². The van der Waals surface area contributed by atoms with Crippen molar-refractivity contribution in [1.82, 2.24) is 5.32 Å². The second-order valence-electron chi connectivity index (χ2n) is 5.95. The quantitative estimate of drug-likeness (QED) is 0.745. The number of sulfonamides is 1. The van der Waals surface area contributed by atoms with Crippen molar-refractivity contribution in [3.8, 4) is 11.5 Å². The first-order valence-electron chi connectivity index (χ1n) is 8.31. The van der Waals surface area contributed by atoms with Gasteiger partial charge in [-0.3, -0.25) is 9.10 Å². The fraction of sp³-hybridized carbons (Fsp3) is 0.316. The molecule has 0 aromatic heterocycles. The molecule has 146 valence electrons. The van der Waals surface area contributed by atoms with Crippen LogP contribution in [0.25, 0.3) is 0 Å². The summed E-state index contributed by atoms with van der Waals surface area (Å²) in [5.74, 6) is 0.647. The van der Waals surface area contributed by atoms with Gasteiger partial charge in [0.25, 0.3) is 5.91 Å². The van der Waals surface area contributed by atoms with Crippen molar-refractivity contribution < 1.29 is 22.7 Å². The molecule has 0 saturated heterocycles. The smallest absolute Gasteiger partial charge is 0.251 e. The second-order valence-corrected chi connectivity index (χ2v) is 7.85. The average molecular weight is 392 g/mol. The average Bonchev–Trinajstić information content (AvgIpc) is 2.64. The number of amides is 1. The van der Waals surface area contributed by atoms with E-state index in [0.29, 0.717) is 22.7 Å². The zero-order chi connectivity index (χ0) is 20.0. The number of para-hydroxylation sites is 1. The van der Waals surface area contributed by atoms with Gasteiger partial charge in [-0.05, 0) is 36.8 Å². The van der Waals surface area contributed by atoms with E-state index >= 15 is 0 Å². The van der Waals surface area contributed by atoms with Gasteiger partial charge < -0.3 is 14.8 Å². The van der Waals surface area contributed by atoms with Crippen molar-refractivity contribution in [2.45, 2.75) is 6.92 Å². The molecule has 0 aliphatic heterocycles. The van der Waals surface area contributed by atoms with Gasteiger partial charge in [0.1, 0.15) is 0 Å². The van der Waals surface area contributed by atoms with Gasteiger partial charge in [0.05, 0.1) is 32.7 Å². The number of anilines is 1. The van der Waals surface area contributed by atoms with Crippen LogP contribution in [-0.2, 0) is 10.0 Å². The monoisotopic (exact) mass is 392 g/mol. The van der Waals surface area contributed by atoms with Crippen LogP contribution in [0.4, 0.5) is 5.69 Å². The summed E-state index contributed by atoms with van der Waals surface area (Å²) in [5, 5.41) is 2.74. The topological polar surface area (TPSA) is 84.9 Å². The predicted molar refractivity (Wildman–Crippen MR) is 105 cm³/mol. The number of hydrogen-bond donors (Lipinski definition) is 1. The van der Waals surface area contributed by atoms with Crippen LogP contribution < -0.4 is 19.1 Å². The van der Waals surface area contributed by atoms with E-state index in [4.69, 9.17) is 9.47 Å². The van der Waals surface area contributed by atoms with Crippen molar-refractivity contribution in [2.24, 2.45) is 0 Å². The molecule has 0 fully saturated rings. The Balaban J connectivity index is 2.09. The molecule has 0 bridgehead atoms. The van der Waals surface area contributed by atoms with Crippen LogP contribution in [0.2, 0.25) is 0 Å². The molecule has 1 N–H and O–H groups in total. The minimum atomic E-state index is -3.48. The van der Waals surface area contributed by atoms with Gasteiger partial charge in [-0.1, -0.05) is 18.2 Å². The summed E-state index contributed by atoms with van der Waals surface area (Å²) >= 11 is 0. The summed E-state index contributed by atoms with van der Waals surface area (Å²) in [6, 6.07) is 12.0. The number of aryl methyl sites for hydroxylation is 1. The molecule has 0 aliphatic carbocycles. The van der Waals surface area contributed by atoms with Crippen LogP contribution >= 0.6 is 0 Å². The number of rotatable bonds is 8. The molecule has 0 saturated carbocycles. The van der Waals surface area contributed by atoms with E-state index in [1.165, 1.54) is 18.5 Å². The molecule has 7 nitrogen and oxygen atoms in total. The maximum absolute atomic E-state index is 12.4. The lowest BCUT2D eigenvalue weighted by Crippen LogP contribution is -2.38. The lowest BCUT2D eigenvalue weighted by molar-refractivity contribution is 0.0954. The number of hydrogen-bond acceptors (Lipinski definition) is 5. The highest BCUT2D eigenvalue weighted by Gasteiger charge is 2.19. The van der Waals surface area contributed by atoms with Crippen molar-refractivity contribution >= 4 is 21.6 Å². The Kier molecular flexibility index (Phi) is 6.68. The molecular formula is C19H24N2O5S. The molecular weight excluding hydrogens is 368 g/mol. The predicted octanol–water partition coefficient (Wildman–Crippen LogP) is 2.21. The van der Waals surface area contributed by atoms with Gasteiger partial charge >= 0.3 is 0 Å². The van der Waals surface area contributed by atoms with Crippen LogP contribution in [0.1, 0.15) is 15.9 Å². The van der Waals surface area contributed by atoms with Crippen molar-refractivity contribution in [3.05, 3.63) is 53.6 Å². The third kappa shape index (κ3) is 5.13. The molecule has 2 aromatic carbocycles. The van der Waals surface area contributed by atoms with Crippen molar-refractivity contribution in [1.29, 1.82) is 0 Å². The van der Waals surface area contributed by atoms with Gasteiger partial charge in [-0.2, -0.15) is 0 Å². The lowest BCUT2D eigenvalue weighted by Gasteiger charge is -2.24. The van der Waals surface area contributed by atoms with Crippen LogP contribution in [0.3, 0.4) is 0 Å². The summed E-state index contributed by atoms with van der Waals surface area (Å²) < 4.78 is 36.0. The van der Waals surface area contributed by atoms with Crippen LogP contribution in [0.15, 0.2) is 42.5 Å².